The first-order valence-corrected chi connectivity index (χ1v) is 8.11. The highest BCUT2D eigenvalue weighted by Gasteiger charge is 2.57. The molecule has 0 spiro atoms. The Morgan fingerprint density at radius 2 is 1.61 bits per heavy atom. The van der Waals surface area contributed by atoms with Crippen LogP contribution in [0.5, 0.6) is 0 Å². The molecule has 0 radical (unpaired) electrons. The number of rotatable bonds is 1. The van der Waals surface area contributed by atoms with Crippen molar-refractivity contribution in [1.29, 1.82) is 0 Å². The first-order valence-electron chi connectivity index (χ1n) is 8.11. The predicted molar refractivity (Wildman–Crippen MR) is 75.2 cm³/mol. The van der Waals surface area contributed by atoms with Gasteiger partial charge in [0.25, 0.3) is 0 Å². The van der Waals surface area contributed by atoms with Gasteiger partial charge in [-0.25, -0.2) is 0 Å². The Kier molecular flexibility index (Phi) is 3.05. The van der Waals surface area contributed by atoms with Gasteiger partial charge in [-0.1, -0.05) is 34.1 Å². The fraction of sp³-hybridized carbons (Fsp3) is 1.00. The number of hydrogen-bond donors (Lipinski definition) is 1. The molecule has 1 N–H and O–H groups in total. The largest absolute Gasteiger partial charge is 0.393 e. The van der Waals surface area contributed by atoms with Gasteiger partial charge in [0.05, 0.1) is 6.10 Å². The van der Waals surface area contributed by atoms with E-state index in [4.69, 9.17) is 0 Å². The van der Waals surface area contributed by atoms with Gasteiger partial charge in [0, 0.05) is 0 Å². The predicted octanol–water partition coefficient (Wildman–Crippen LogP) is 4.10. The Labute approximate surface area is 112 Å². The van der Waals surface area contributed by atoms with E-state index < -0.39 is 0 Å². The van der Waals surface area contributed by atoms with Crippen molar-refractivity contribution >= 4 is 0 Å². The van der Waals surface area contributed by atoms with Gasteiger partial charge < -0.3 is 5.11 Å². The quantitative estimate of drug-likeness (QED) is 0.743. The minimum atomic E-state index is -0.0154. The summed E-state index contributed by atoms with van der Waals surface area (Å²) in [7, 11) is 0. The average Bonchev–Trinajstić information content (AvgIpc) is 2.83. The van der Waals surface area contributed by atoms with E-state index in [-0.39, 0.29) is 6.10 Å². The summed E-state index contributed by atoms with van der Waals surface area (Å²) in [5, 5.41) is 10.5. The second-order valence-electron chi connectivity index (χ2n) is 8.17. The van der Waals surface area contributed by atoms with Crippen LogP contribution < -0.4 is 0 Å². The standard InChI is InChI=1S/C17H30O/c1-10-6-5-7-13(16(10)18)15-9-12-8-14(15)11(2)17(12,3)4/h10-16,18H,5-9H2,1-4H3/t10-,11-,12-,13-,14+,15+,16-/m1/s1. The summed E-state index contributed by atoms with van der Waals surface area (Å²) in [6, 6.07) is 0. The highest BCUT2D eigenvalue weighted by atomic mass is 16.3. The van der Waals surface area contributed by atoms with Crippen LogP contribution in [0.4, 0.5) is 0 Å². The normalized spacial score (nSPS) is 54.8. The van der Waals surface area contributed by atoms with Crippen LogP contribution in [0.15, 0.2) is 0 Å². The minimum absolute atomic E-state index is 0.0154. The maximum atomic E-state index is 10.5. The first kappa shape index (κ1) is 13.0. The molecule has 0 aliphatic heterocycles. The molecule has 3 aliphatic rings. The summed E-state index contributed by atoms with van der Waals surface area (Å²) in [5.41, 5.74) is 0.548. The molecule has 2 bridgehead atoms. The van der Waals surface area contributed by atoms with E-state index >= 15 is 0 Å². The Bertz CT molecular complexity index is 318. The number of aliphatic hydroxyl groups is 1. The third kappa shape index (κ3) is 1.69. The molecule has 0 aromatic heterocycles. The highest BCUT2D eigenvalue weighted by Crippen LogP contribution is 2.64. The van der Waals surface area contributed by atoms with Crippen LogP contribution in [-0.2, 0) is 0 Å². The summed E-state index contributed by atoms with van der Waals surface area (Å²) in [6.45, 7) is 9.66. The summed E-state index contributed by atoms with van der Waals surface area (Å²) in [5.74, 6) is 4.65. The Hall–Kier alpha value is -0.0400. The summed E-state index contributed by atoms with van der Waals surface area (Å²) in [4.78, 5) is 0. The van der Waals surface area contributed by atoms with Crippen LogP contribution in [0.2, 0.25) is 0 Å². The van der Waals surface area contributed by atoms with E-state index in [0.717, 1.165) is 23.7 Å². The van der Waals surface area contributed by atoms with Crippen molar-refractivity contribution in [2.24, 2.45) is 40.9 Å². The van der Waals surface area contributed by atoms with Crippen LogP contribution >= 0.6 is 0 Å². The van der Waals surface area contributed by atoms with Crippen LogP contribution in [0.1, 0.15) is 59.8 Å². The smallest absolute Gasteiger partial charge is 0.0596 e. The molecule has 1 nitrogen and oxygen atoms in total. The molecule has 3 rings (SSSR count). The van der Waals surface area contributed by atoms with Gasteiger partial charge in [0.1, 0.15) is 0 Å². The van der Waals surface area contributed by atoms with E-state index in [0.29, 0.717) is 17.3 Å². The van der Waals surface area contributed by atoms with Crippen molar-refractivity contribution in [2.75, 3.05) is 0 Å². The molecule has 0 heterocycles. The summed E-state index contributed by atoms with van der Waals surface area (Å²) in [6.07, 6.45) is 6.69. The topological polar surface area (TPSA) is 20.2 Å². The van der Waals surface area contributed by atoms with Crippen molar-refractivity contribution < 1.29 is 5.11 Å². The maximum Gasteiger partial charge on any atom is 0.0596 e. The van der Waals surface area contributed by atoms with Gasteiger partial charge >= 0.3 is 0 Å². The van der Waals surface area contributed by atoms with Crippen molar-refractivity contribution in [3.05, 3.63) is 0 Å². The maximum absolute atomic E-state index is 10.5. The lowest BCUT2D eigenvalue weighted by Crippen LogP contribution is -2.42. The first-order chi connectivity index (χ1) is 8.43. The lowest BCUT2D eigenvalue weighted by molar-refractivity contribution is -0.0365. The zero-order chi connectivity index (χ0) is 13.1. The van der Waals surface area contributed by atoms with Crippen LogP contribution in [-0.4, -0.2) is 11.2 Å². The van der Waals surface area contributed by atoms with E-state index in [1.807, 2.05) is 0 Å². The molecule has 3 aliphatic carbocycles. The summed E-state index contributed by atoms with van der Waals surface area (Å²) >= 11 is 0. The molecule has 1 heteroatoms. The van der Waals surface area contributed by atoms with Crippen molar-refractivity contribution in [2.45, 2.75) is 65.9 Å². The molecule has 0 aromatic rings. The molecule has 0 aromatic carbocycles. The SMILES string of the molecule is C[C@@H]1CCC[C@H]([C@@H]2C[C@H]3C[C@H]2[C@@H](C)C3(C)C)[C@@H]1O. The third-order valence-electron chi connectivity index (χ3n) is 7.30. The molecule has 0 unspecified atom stereocenters. The Balaban J connectivity index is 1.76. The Morgan fingerprint density at radius 1 is 0.944 bits per heavy atom. The van der Waals surface area contributed by atoms with Gasteiger partial charge in [-0.15, -0.1) is 0 Å². The van der Waals surface area contributed by atoms with E-state index in [1.54, 1.807) is 0 Å². The van der Waals surface area contributed by atoms with Crippen molar-refractivity contribution in [3.63, 3.8) is 0 Å². The second kappa shape index (κ2) is 4.23. The molecule has 18 heavy (non-hydrogen) atoms. The Morgan fingerprint density at radius 3 is 2.22 bits per heavy atom. The highest BCUT2D eigenvalue weighted by molar-refractivity contribution is 5.06. The molecule has 3 fully saturated rings. The summed E-state index contributed by atoms with van der Waals surface area (Å²) < 4.78 is 0. The molecule has 104 valence electrons. The van der Waals surface area contributed by atoms with E-state index in [1.165, 1.54) is 32.1 Å². The van der Waals surface area contributed by atoms with Crippen molar-refractivity contribution in [3.8, 4) is 0 Å². The van der Waals surface area contributed by atoms with Gasteiger partial charge in [-0.2, -0.15) is 0 Å². The average molecular weight is 250 g/mol. The molecule has 3 saturated carbocycles. The number of fused-ring (bicyclic) bond motifs is 2. The zero-order valence-corrected chi connectivity index (χ0v) is 12.5. The van der Waals surface area contributed by atoms with Crippen LogP contribution in [0, 0.1) is 40.9 Å². The minimum Gasteiger partial charge on any atom is -0.393 e. The number of hydrogen-bond acceptors (Lipinski definition) is 1. The molecule has 0 saturated heterocycles. The third-order valence-corrected chi connectivity index (χ3v) is 7.30. The van der Waals surface area contributed by atoms with Gasteiger partial charge in [-0.3, -0.25) is 0 Å². The molecule has 0 amide bonds. The monoisotopic (exact) mass is 250 g/mol. The molecular weight excluding hydrogens is 220 g/mol. The van der Waals surface area contributed by atoms with E-state index in [2.05, 4.69) is 27.7 Å². The van der Waals surface area contributed by atoms with Crippen molar-refractivity contribution in [1.82, 2.24) is 0 Å². The van der Waals surface area contributed by atoms with Gasteiger partial charge in [-0.05, 0) is 66.6 Å². The fourth-order valence-corrected chi connectivity index (χ4v) is 5.61. The van der Waals surface area contributed by atoms with Gasteiger partial charge in [0.2, 0.25) is 0 Å². The molecular formula is C17H30O. The lowest BCUT2D eigenvalue weighted by Gasteiger charge is -2.46. The second-order valence-corrected chi connectivity index (χ2v) is 8.17. The van der Waals surface area contributed by atoms with Crippen LogP contribution in [0.3, 0.4) is 0 Å². The lowest BCUT2D eigenvalue weighted by atomic mass is 9.60. The number of aliphatic hydroxyl groups excluding tert-OH is 1. The van der Waals surface area contributed by atoms with E-state index in [9.17, 15) is 5.11 Å². The zero-order valence-electron chi connectivity index (χ0n) is 12.5. The van der Waals surface area contributed by atoms with Crippen LogP contribution in [0.25, 0.3) is 0 Å². The molecule has 7 atom stereocenters. The van der Waals surface area contributed by atoms with Gasteiger partial charge in [0.15, 0.2) is 0 Å². The fourth-order valence-electron chi connectivity index (χ4n) is 5.61.